The van der Waals surface area contributed by atoms with E-state index in [0.717, 1.165) is 88.7 Å². The Morgan fingerprint density at radius 3 is 1.59 bits per heavy atom. The van der Waals surface area contributed by atoms with E-state index in [1.54, 1.807) is 14.2 Å². The smallest absolute Gasteiger partial charge is 0.303 e. The van der Waals surface area contributed by atoms with Crippen molar-refractivity contribution in [3.63, 3.8) is 0 Å². The lowest BCUT2D eigenvalue weighted by Gasteiger charge is -2.15. The summed E-state index contributed by atoms with van der Waals surface area (Å²) in [5.41, 5.74) is 11.0. The molecule has 0 saturated heterocycles. The molecule has 5 heterocycles. The van der Waals surface area contributed by atoms with Gasteiger partial charge >= 0.3 is 11.9 Å². The molecular weight excluding hydrogens is 745 g/mol. The molecule has 0 radical (unpaired) electrons. The van der Waals surface area contributed by atoms with E-state index in [-0.39, 0.29) is 25.0 Å². The van der Waals surface area contributed by atoms with Crippen molar-refractivity contribution >= 4 is 36.2 Å². The van der Waals surface area contributed by atoms with Gasteiger partial charge in [-0.3, -0.25) is 9.59 Å². The average Bonchev–Trinajstić information content (AvgIpc) is 3.85. The van der Waals surface area contributed by atoms with Crippen molar-refractivity contribution in [2.45, 2.75) is 79.4 Å². The van der Waals surface area contributed by atoms with Crippen LogP contribution in [0.2, 0.25) is 0 Å². The number of hydrogen-bond donors (Lipinski definition) is 6. The van der Waals surface area contributed by atoms with Gasteiger partial charge in [-0.05, 0) is 112 Å². The highest BCUT2D eigenvalue weighted by atomic mass is 16.5. The van der Waals surface area contributed by atoms with Crippen LogP contribution in [0.1, 0.15) is 106 Å². The maximum absolute atomic E-state index is 11.8. The van der Waals surface area contributed by atoms with E-state index in [0.29, 0.717) is 65.7 Å². The molecule has 0 aliphatic carbocycles. The van der Waals surface area contributed by atoms with Crippen LogP contribution < -0.4 is 21.4 Å². The van der Waals surface area contributed by atoms with Gasteiger partial charge in [-0.15, -0.1) is 0 Å². The number of rotatable bonds is 22. The molecule has 0 spiro atoms. The molecule has 0 saturated carbocycles. The molecule has 1 aliphatic rings. The highest BCUT2D eigenvalue weighted by Gasteiger charge is 2.22. The number of hydrogen-bond acceptors (Lipinski definition) is 8. The van der Waals surface area contributed by atoms with Crippen molar-refractivity contribution in [3.05, 3.63) is 88.7 Å². The number of ether oxygens (including phenoxy) is 6. The topological polar surface area (TPSA) is 193 Å². The number of aliphatic carboxylic acids is 2. The molecule has 6 N–H and O–H groups in total. The van der Waals surface area contributed by atoms with E-state index in [1.165, 1.54) is 0 Å². The molecule has 2 unspecified atom stereocenters. The van der Waals surface area contributed by atoms with E-state index < -0.39 is 11.9 Å². The van der Waals surface area contributed by atoms with E-state index in [9.17, 15) is 19.8 Å². The van der Waals surface area contributed by atoms with Gasteiger partial charge < -0.3 is 58.6 Å². The zero-order valence-electron chi connectivity index (χ0n) is 35.1. The van der Waals surface area contributed by atoms with Gasteiger partial charge in [-0.2, -0.15) is 0 Å². The Labute approximate surface area is 338 Å². The van der Waals surface area contributed by atoms with Crippen LogP contribution in [0.3, 0.4) is 0 Å². The van der Waals surface area contributed by atoms with E-state index in [4.69, 9.17) is 28.4 Å². The third-order valence-electron chi connectivity index (χ3n) is 10.8. The molecule has 1 aliphatic heterocycles. The predicted molar refractivity (Wildman–Crippen MR) is 221 cm³/mol. The van der Waals surface area contributed by atoms with Gasteiger partial charge in [-0.1, -0.05) is 0 Å². The first-order chi connectivity index (χ1) is 27.8. The summed E-state index contributed by atoms with van der Waals surface area (Å²) in [5, 5.41) is 22.7. The number of aromatic amines is 4. The van der Waals surface area contributed by atoms with Gasteiger partial charge in [0.15, 0.2) is 0 Å². The molecule has 0 aromatic carbocycles. The van der Waals surface area contributed by atoms with Crippen LogP contribution in [0.15, 0.2) is 0 Å². The standard InChI is InChI=1S/C44H60N4O10/c1-25-31(9-11-41(49)50)37-24-38-32(10-12-42(51)52)26(2)34(46-38)22-39-44(30(6)58-20-18-56-16-14-54-8)28(4)36(48-39)23-40-43(27(3)35(47-40)21-33(25)45-37)29(5)57-19-17-55-15-13-53-7/h21-24,29-30,45-48H,9-20H2,1-8H3,(H,49,50)(H,51,52). The quantitative estimate of drug-likeness (QED) is 0.0566. The average molecular weight is 805 g/mol. The highest BCUT2D eigenvalue weighted by molar-refractivity contribution is 5.70. The lowest BCUT2D eigenvalue weighted by molar-refractivity contribution is -0.138. The van der Waals surface area contributed by atoms with Crippen molar-refractivity contribution in [2.75, 3.05) is 67.1 Å². The molecule has 58 heavy (non-hydrogen) atoms. The van der Waals surface area contributed by atoms with Crippen LogP contribution in [0.5, 0.6) is 0 Å². The van der Waals surface area contributed by atoms with Crippen molar-refractivity contribution in [1.82, 2.24) is 19.9 Å². The highest BCUT2D eigenvalue weighted by Crippen LogP contribution is 2.29. The van der Waals surface area contributed by atoms with Crippen LogP contribution in [0.25, 0.3) is 24.3 Å². The summed E-state index contributed by atoms with van der Waals surface area (Å²) >= 11 is 0. The van der Waals surface area contributed by atoms with Crippen LogP contribution in [0, 0.1) is 27.7 Å². The molecule has 14 nitrogen and oxygen atoms in total. The minimum atomic E-state index is -0.889. The Bertz CT molecular complexity index is 2290. The maximum Gasteiger partial charge on any atom is 0.303 e. The number of fused-ring (bicyclic) bond motifs is 8. The minimum absolute atomic E-state index is 0.0426. The third-order valence-corrected chi connectivity index (χ3v) is 10.8. The Kier molecular flexibility index (Phi) is 15.9. The van der Waals surface area contributed by atoms with Crippen molar-refractivity contribution < 1.29 is 48.2 Å². The summed E-state index contributed by atoms with van der Waals surface area (Å²) in [4.78, 5) is 38.2. The van der Waals surface area contributed by atoms with E-state index in [2.05, 4.69) is 52.0 Å². The summed E-state index contributed by atoms with van der Waals surface area (Å²) in [6, 6.07) is 0. The maximum atomic E-state index is 11.8. The first-order valence-electron chi connectivity index (χ1n) is 19.9. The van der Waals surface area contributed by atoms with E-state index in [1.807, 2.05) is 33.8 Å². The number of nitrogens with one attached hydrogen (secondary N) is 4. The number of carbonyl (C=O) groups is 2. The predicted octanol–water partition coefficient (Wildman–Crippen LogP) is 3.38. The van der Waals surface area contributed by atoms with E-state index >= 15 is 0 Å². The van der Waals surface area contributed by atoms with Crippen LogP contribution in [-0.2, 0) is 50.9 Å². The van der Waals surface area contributed by atoms with Crippen molar-refractivity contribution in [1.29, 1.82) is 0 Å². The van der Waals surface area contributed by atoms with Gasteiger partial charge in [0.05, 0.1) is 65.1 Å². The number of carboxylic acid groups (broad SMARTS) is 2. The Balaban J connectivity index is 1.75. The van der Waals surface area contributed by atoms with Crippen LogP contribution >= 0.6 is 0 Å². The summed E-state index contributed by atoms with van der Waals surface area (Å²) in [6.07, 6.45) is 8.15. The fourth-order valence-corrected chi connectivity index (χ4v) is 7.67. The molecule has 8 bridgehead atoms. The molecule has 5 rings (SSSR count). The second-order valence-corrected chi connectivity index (χ2v) is 14.7. The molecular formula is C44H60N4O10. The molecule has 0 amide bonds. The molecule has 0 fully saturated rings. The first-order valence-corrected chi connectivity index (χ1v) is 19.9. The second kappa shape index (κ2) is 20.8. The summed E-state index contributed by atoms with van der Waals surface area (Å²) in [7, 11) is 3.28. The van der Waals surface area contributed by atoms with Crippen molar-refractivity contribution in [2.24, 2.45) is 0 Å². The Morgan fingerprint density at radius 1 is 0.517 bits per heavy atom. The first kappa shape index (κ1) is 44.4. The molecule has 14 heteroatoms. The minimum Gasteiger partial charge on any atom is -0.481 e. The fraction of sp³-hybridized carbons (Fsp3) is 0.500. The van der Waals surface area contributed by atoms with Crippen LogP contribution in [-0.4, -0.2) is 109 Å². The number of aromatic nitrogens is 4. The van der Waals surface area contributed by atoms with Gasteiger partial charge in [0.25, 0.3) is 0 Å². The monoisotopic (exact) mass is 804 g/mol. The summed E-state index contributed by atoms with van der Waals surface area (Å²) in [6.45, 7) is 15.8. The van der Waals surface area contributed by atoms with Gasteiger partial charge in [0.2, 0.25) is 0 Å². The van der Waals surface area contributed by atoms with Crippen LogP contribution in [0.4, 0.5) is 0 Å². The lowest BCUT2D eigenvalue weighted by atomic mass is 10.0. The largest absolute Gasteiger partial charge is 0.481 e. The van der Waals surface area contributed by atoms with Crippen molar-refractivity contribution in [3.8, 4) is 0 Å². The SMILES string of the molecule is COCCOCCOC(C)c1c2[nH]c(c1C)C=c1[nH]c(c(CCC(=O)O)c1C)=Cc1[nH]c(c(C)c1CCC(=O)O)C=c1[nH]c(c(C)c1C(C)OCCOCCOC)=C2. The van der Waals surface area contributed by atoms with Gasteiger partial charge in [0, 0.05) is 82.4 Å². The molecule has 4 aromatic heterocycles. The summed E-state index contributed by atoms with van der Waals surface area (Å²) < 4.78 is 34.3. The lowest BCUT2D eigenvalue weighted by Crippen LogP contribution is -2.17. The third kappa shape index (κ3) is 10.9. The molecule has 2 atom stereocenters. The molecule has 316 valence electrons. The molecule has 4 aromatic rings. The fourth-order valence-electron chi connectivity index (χ4n) is 7.67. The zero-order valence-corrected chi connectivity index (χ0v) is 35.1. The zero-order chi connectivity index (χ0) is 41.9. The van der Waals surface area contributed by atoms with Gasteiger partial charge in [0.1, 0.15) is 0 Å². The Morgan fingerprint density at radius 2 is 0.983 bits per heavy atom. The van der Waals surface area contributed by atoms with Gasteiger partial charge in [-0.25, -0.2) is 0 Å². The number of methoxy groups -OCH3 is 2. The normalized spacial score (nSPS) is 13.4. The summed E-state index contributed by atoms with van der Waals surface area (Å²) in [5.74, 6) is -1.78. The number of H-pyrrole nitrogens is 4. The second-order valence-electron chi connectivity index (χ2n) is 14.7. The number of carboxylic acids is 2. The Hall–Kier alpha value is -4.70.